The summed E-state index contributed by atoms with van der Waals surface area (Å²) >= 11 is 0. The summed E-state index contributed by atoms with van der Waals surface area (Å²) in [5.74, 6) is -2.96. The molecule has 0 aliphatic heterocycles. The van der Waals surface area contributed by atoms with Crippen molar-refractivity contribution in [3.8, 4) is 0 Å². The van der Waals surface area contributed by atoms with E-state index >= 15 is 0 Å². The van der Waals surface area contributed by atoms with Gasteiger partial charge in [0, 0.05) is 19.7 Å². The summed E-state index contributed by atoms with van der Waals surface area (Å²) < 4.78 is 16.4. The summed E-state index contributed by atoms with van der Waals surface area (Å²) in [5, 5.41) is 3.98. The van der Waals surface area contributed by atoms with Gasteiger partial charge in [0.15, 0.2) is 0 Å². The van der Waals surface area contributed by atoms with Crippen molar-refractivity contribution in [2.45, 2.75) is 27.2 Å². The highest BCUT2D eigenvalue weighted by molar-refractivity contribution is 6.18. The van der Waals surface area contributed by atoms with Gasteiger partial charge in [0.05, 0.1) is 26.0 Å². The van der Waals surface area contributed by atoms with Crippen molar-refractivity contribution in [1.29, 1.82) is 0 Å². The molecule has 0 atom stereocenters. The Morgan fingerprint density at radius 1 is 1.00 bits per heavy atom. The molecule has 8 nitrogen and oxygen atoms in total. The number of hydrogen-bond acceptors (Lipinski definition) is 7. The molecule has 128 valence electrons. The summed E-state index contributed by atoms with van der Waals surface area (Å²) in [4.78, 5) is 37.4. The van der Waals surface area contributed by atoms with Crippen molar-refractivity contribution < 1.29 is 28.6 Å². The van der Waals surface area contributed by atoms with Gasteiger partial charge in [0.25, 0.3) is 5.41 Å². The van der Waals surface area contributed by atoms with E-state index in [1.165, 1.54) is 10.9 Å². The lowest BCUT2D eigenvalue weighted by Gasteiger charge is -2.26. The lowest BCUT2D eigenvalue weighted by Crippen LogP contribution is -2.51. The first-order valence-electron chi connectivity index (χ1n) is 7.41. The minimum Gasteiger partial charge on any atom is -0.465 e. The second kappa shape index (κ2) is 8.30. The van der Waals surface area contributed by atoms with Crippen molar-refractivity contribution in [2.75, 3.05) is 19.8 Å². The number of carbonyl (C=O) groups excluding carboxylic acids is 3. The van der Waals surface area contributed by atoms with E-state index in [9.17, 15) is 14.4 Å². The Hall–Kier alpha value is -2.38. The van der Waals surface area contributed by atoms with Gasteiger partial charge >= 0.3 is 17.9 Å². The first-order chi connectivity index (χ1) is 10.9. The first-order valence-corrected chi connectivity index (χ1v) is 7.41. The fourth-order valence-electron chi connectivity index (χ4n) is 2.10. The second-order valence-electron chi connectivity index (χ2n) is 4.77. The highest BCUT2D eigenvalue weighted by atomic mass is 16.6. The third-order valence-electron chi connectivity index (χ3n) is 3.10. The monoisotopic (exact) mass is 326 g/mol. The van der Waals surface area contributed by atoms with Crippen LogP contribution in [0.5, 0.6) is 0 Å². The minimum atomic E-state index is -2.19. The summed E-state index contributed by atoms with van der Waals surface area (Å²) in [6.07, 6.45) is 2.83. The van der Waals surface area contributed by atoms with Gasteiger partial charge in [-0.3, -0.25) is 19.1 Å². The summed E-state index contributed by atoms with van der Waals surface area (Å²) in [5.41, 5.74) is -1.67. The molecule has 0 saturated carbocycles. The van der Waals surface area contributed by atoms with Crippen LogP contribution < -0.4 is 0 Å². The molecule has 1 aromatic rings. The maximum atomic E-state index is 12.5. The van der Waals surface area contributed by atoms with Crippen LogP contribution in [-0.2, 0) is 42.1 Å². The molecule has 23 heavy (non-hydrogen) atoms. The fraction of sp³-hybridized carbons (Fsp3) is 0.600. The maximum Gasteiger partial charge on any atom is 0.335 e. The number of hydrogen-bond donors (Lipinski definition) is 0. The molecule has 0 aliphatic carbocycles. The highest BCUT2D eigenvalue weighted by Gasteiger charge is 2.57. The van der Waals surface area contributed by atoms with E-state index in [1.54, 1.807) is 34.0 Å². The van der Waals surface area contributed by atoms with E-state index in [0.29, 0.717) is 5.56 Å². The van der Waals surface area contributed by atoms with Crippen molar-refractivity contribution >= 4 is 17.9 Å². The lowest BCUT2D eigenvalue weighted by molar-refractivity contribution is -0.183. The van der Waals surface area contributed by atoms with Gasteiger partial charge < -0.3 is 14.2 Å². The summed E-state index contributed by atoms with van der Waals surface area (Å²) in [6, 6.07) is 0. The molecule has 8 heteroatoms. The molecule has 1 heterocycles. The molecule has 0 N–H and O–H groups in total. The zero-order valence-corrected chi connectivity index (χ0v) is 13.8. The average molecular weight is 326 g/mol. The topological polar surface area (TPSA) is 96.7 Å². The molecule has 1 aromatic heterocycles. The molecular weight excluding hydrogens is 304 g/mol. The van der Waals surface area contributed by atoms with Crippen LogP contribution in [0, 0.1) is 5.41 Å². The Kier molecular flexibility index (Phi) is 6.74. The molecular formula is C15H22N2O6. The molecule has 0 radical (unpaired) electrons. The average Bonchev–Trinajstić information content (AvgIpc) is 2.90. The van der Waals surface area contributed by atoms with E-state index in [1.807, 2.05) is 0 Å². The van der Waals surface area contributed by atoms with E-state index in [4.69, 9.17) is 14.2 Å². The number of esters is 3. The Morgan fingerprint density at radius 3 is 1.74 bits per heavy atom. The van der Waals surface area contributed by atoms with Gasteiger partial charge in [-0.1, -0.05) is 0 Å². The Bertz CT molecular complexity index is 521. The third kappa shape index (κ3) is 4.08. The number of ether oxygens (including phenoxy) is 3. The third-order valence-corrected chi connectivity index (χ3v) is 3.10. The number of rotatable bonds is 8. The van der Waals surface area contributed by atoms with E-state index < -0.39 is 23.3 Å². The standard InChI is InChI=1S/C15H22N2O6/c1-5-21-12(18)15(13(19)22-6-2,14(20)23-7-3)8-11-9-16-17(4)10-11/h9-10H,5-8H2,1-4H3. The maximum absolute atomic E-state index is 12.5. The van der Waals surface area contributed by atoms with Crippen LogP contribution in [0.25, 0.3) is 0 Å². The van der Waals surface area contributed by atoms with Crippen LogP contribution in [-0.4, -0.2) is 47.5 Å². The molecule has 0 spiro atoms. The van der Waals surface area contributed by atoms with E-state index in [2.05, 4.69) is 5.10 Å². The van der Waals surface area contributed by atoms with Crippen LogP contribution in [0.1, 0.15) is 26.3 Å². The number of carbonyl (C=O) groups is 3. The summed E-state index contributed by atoms with van der Waals surface area (Å²) in [7, 11) is 1.68. The predicted molar refractivity (Wildman–Crippen MR) is 79.2 cm³/mol. The first kappa shape index (κ1) is 18.7. The van der Waals surface area contributed by atoms with Gasteiger partial charge in [0.2, 0.25) is 0 Å². The van der Waals surface area contributed by atoms with Gasteiger partial charge in [-0.05, 0) is 26.3 Å². The SMILES string of the molecule is CCOC(=O)C(Cc1cnn(C)c1)(C(=O)OCC)C(=O)OCC. The molecule has 0 aromatic carbocycles. The van der Waals surface area contributed by atoms with Crippen molar-refractivity contribution in [2.24, 2.45) is 12.5 Å². The van der Waals surface area contributed by atoms with Crippen molar-refractivity contribution in [3.63, 3.8) is 0 Å². The largest absolute Gasteiger partial charge is 0.465 e. The van der Waals surface area contributed by atoms with Crippen LogP contribution in [0.2, 0.25) is 0 Å². The quantitative estimate of drug-likeness (QED) is 0.393. The zero-order valence-electron chi connectivity index (χ0n) is 13.8. The molecule has 0 saturated heterocycles. The van der Waals surface area contributed by atoms with Crippen LogP contribution in [0.4, 0.5) is 0 Å². The Labute approximate surface area is 134 Å². The Balaban J connectivity index is 3.34. The molecule has 0 amide bonds. The number of aromatic nitrogens is 2. The molecule has 1 rings (SSSR count). The number of nitrogens with zero attached hydrogens (tertiary/aromatic N) is 2. The van der Waals surface area contributed by atoms with Crippen LogP contribution in [0.3, 0.4) is 0 Å². The Morgan fingerprint density at radius 2 is 1.43 bits per heavy atom. The zero-order chi connectivity index (χ0) is 17.5. The summed E-state index contributed by atoms with van der Waals surface area (Å²) in [6.45, 7) is 4.82. The molecule has 0 fully saturated rings. The van der Waals surface area contributed by atoms with Gasteiger partial charge in [-0.2, -0.15) is 5.10 Å². The molecule has 0 bridgehead atoms. The van der Waals surface area contributed by atoms with Gasteiger partial charge in [-0.15, -0.1) is 0 Å². The molecule has 0 unspecified atom stereocenters. The lowest BCUT2D eigenvalue weighted by atomic mass is 9.82. The van der Waals surface area contributed by atoms with Crippen LogP contribution in [0.15, 0.2) is 12.4 Å². The van der Waals surface area contributed by atoms with Gasteiger partial charge in [-0.25, -0.2) is 0 Å². The van der Waals surface area contributed by atoms with E-state index in [0.717, 1.165) is 0 Å². The van der Waals surface area contributed by atoms with Gasteiger partial charge in [0.1, 0.15) is 0 Å². The molecule has 0 aliphatic rings. The fourth-order valence-corrected chi connectivity index (χ4v) is 2.10. The minimum absolute atomic E-state index is 0.0203. The van der Waals surface area contributed by atoms with Crippen LogP contribution >= 0.6 is 0 Å². The normalized spacial score (nSPS) is 11.0. The second-order valence-corrected chi connectivity index (χ2v) is 4.77. The smallest absolute Gasteiger partial charge is 0.335 e. The highest BCUT2D eigenvalue weighted by Crippen LogP contribution is 2.29. The van der Waals surface area contributed by atoms with Crippen molar-refractivity contribution in [3.05, 3.63) is 18.0 Å². The number of aryl methyl sites for hydroxylation is 1. The van der Waals surface area contributed by atoms with E-state index in [-0.39, 0.29) is 26.2 Å². The predicted octanol–water partition coefficient (Wildman–Crippen LogP) is 0.638. The van der Waals surface area contributed by atoms with Crippen molar-refractivity contribution in [1.82, 2.24) is 9.78 Å².